The van der Waals surface area contributed by atoms with Gasteiger partial charge in [-0.3, -0.25) is 9.59 Å². The molecule has 3 rings (SSSR count). The van der Waals surface area contributed by atoms with Crippen LogP contribution in [0.4, 0.5) is 10.0 Å². The van der Waals surface area contributed by atoms with Crippen molar-refractivity contribution in [2.45, 2.75) is 40.5 Å². The first-order valence-corrected chi connectivity index (χ1v) is 11.6. The van der Waals surface area contributed by atoms with E-state index in [9.17, 15) is 20.1 Å². The van der Waals surface area contributed by atoms with Gasteiger partial charge in [-0.2, -0.15) is 10.5 Å². The van der Waals surface area contributed by atoms with Gasteiger partial charge in [0.2, 0.25) is 0 Å². The van der Waals surface area contributed by atoms with Crippen LogP contribution in [0.5, 0.6) is 0 Å². The zero-order valence-corrected chi connectivity index (χ0v) is 19.8. The highest BCUT2D eigenvalue weighted by molar-refractivity contribution is 7.17. The number of aromatic nitrogens is 1. The highest BCUT2D eigenvalue weighted by Gasteiger charge is 2.20. The van der Waals surface area contributed by atoms with Crippen molar-refractivity contribution in [3.05, 3.63) is 61.6 Å². The molecule has 2 amide bonds. The molecular formula is C23H21N5O2S2. The van der Waals surface area contributed by atoms with Crippen LogP contribution in [-0.4, -0.2) is 16.8 Å². The Balaban J connectivity index is 1.83. The van der Waals surface area contributed by atoms with E-state index in [4.69, 9.17) is 0 Å². The first-order chi connectivity index (χ1) is 15.3. The number of nitriles is 2. The summed E-state index contributed by atoms with van der Waals surface area (Å²) in [4.78, 5) is 31.7. The molecule has 162 valence electrons. The van der Waals surface area contributed by atoms with Crippen LogP contribution < -0.4 is 10.6 Å². The van der Waals surface area contributed by atoms with E-state index in [1.165, 1.54) is 34.8 Å². The van der Waals surface area contributed by atoms with E-state index in [2.05, 4.69) is 27.8 Å². The third kappa shape index (κ3) is 4.40. The molecule has 3 heterocycles. The molecule has 0 fully saturated rings. The minimum absolute atomic E-state index is 0.0581. The fourth-order valence-corrected chi connectivity index (χ4v) is 5.62. The van der Waals surface area contributed by atoms with Crippen LogP contribution in [0, 0.1) is 36.5 Å². The number of aryl methyl sites for hydroxylation is 2. The number of hydrogen-bond acceptors (Lipinski definition) is 7. The summed E-state index contributed by atoms with van der Waals surface area (Å²) >= 11 is 2.69. The summed E-state index contributed by atoms with van der Waals surface area (Å²) < 4.78 is 0. The molecule has 0 aromatic carbocycles. The highest BCUT2D eigenvalue weighted by Crippen LogP contribution is 2.34. The minimum atomic E-state index is -0.502. The van der Waals surface area contributed by atoms with Gasteiger partial charge in [-0.1, -0.05) is 19.9 Å². The Morgan fingerprint density at radius 3 is 1.62 bits per heavy atom. The van der Waals surface area contributed by atoms with Gasteiger partial charge in [-0.15, -0.1) is 22.7 Å². The van der Waals surface area contributed by atoms with Crippen molar-refractivity contribution >= 4 is 44.5 Å². The van der Waals surface area contributed by atoms with Crippen molar-refractivity contribution < 1.29 is 9.59 Å². The fourth-order valence-electron chi connectivity index (χ4n) is 3.44. The Kier molecular flexibility index (Phi) is 7.04. The average Bonchev–Trinajstić information content (AvgIpc) is 3.26. The van der Waals surface area contributed by atoms with Crippen LogP contribution in [0.1, 0.15) is 66.8 Å². The molecule has 0 bridgehead atoms. The summed E-state index contributed by atoms with van der Waals surface area (Å²) in [7, 11) is 0. The van der Waals surface area contributed by atoms with Gasteiger partial charge in [0.15, 0.2) is 0 Å². The SMILES string of the molecule is CCc1c(C)sc(NC(=O)c2cccc(C(=O)Nc3sc(C)c(CC)c3C#N)n2)c1C#N. The zero-order valence-electron chi connectivity index (χ0n) is 18.1. The molecule has 0 spiro atoms. The summed E-state index contributed by atoms with van der Waals surface area (Å²) in [6.45, 7) is 7.74. The molecular weight excluding hydrogens is 442 g/mol. The Bertz CT molecular complexity index is 1200. The third-order valence-electron chi connectivity index (χ3n) is 5.02. The maximum Gasteiger partial charge on any atom is 0.274 e. The van der Waals surface area contributed by atoms with E-state index in [1.807, 2.05) is 27.7 Å². The maximum atomic E-state index is 12.8. The number of hydrogen-bond donors (Lipinski definition) is 2. The normalized spacial score (nSPS) is 10.3. The molecule has 3 aromatic heterocycles. The Morgan fingerprint density at radius 1 is 0.875 bits per heavy atom. The fraction of sp³-hybridized carbons (Fsp3) is 0.261. The van der Waals surface area contributed by atoms with Gasteiger partial charge in [0.25, 0.3) is 11.8 Å². The standard InChI is InChI=1S/C23H21N5O2S2/c1-5-14-12(3)31-22(16(14)10-24)27-20(29)18-8-7-9-19(26-18)21(30)28-23-17(11-25)15(6-2)13(4)32-23/h7-9H,5-6H2,1-4H3,(H,27,29)(H,28,30). The molecule has 0 unspecified atom stereocenters. The number of anilines is 2. The van der Waals surface area contributed by atoms with Crippen LogP contribution in [0.25, 0.3) is 0 Å². The number of carbonyl (C=O) groups is 2. The van der Waals surface area contributed by atoms with E-state index < -0.39 is 11.8 Å². The van der Waals surface area contributed by atoms with E-state index >= 15 is 0 Å². The van der Waals surface area contributed by atoms with Gasteiger partial charge in [0.05, 0.1) is 11.1 Å². The predicted molar refractivity (Wildman–Crippen MR) is 126 cm³/mol. The Labute approximate surface area is 194 Å². The quantitative estimate of drug-likeness (QED) is 0.521. The second kappa shape index (κ2) is 9.73. The van der Waals surface area contributed by atoms with Crippen molar-refractivity contribution in [3.8, 4) is 12.1 Å². The van der Waals surface area contributed by atoms with Crippen molar-refractivity contribution in [2.24, 2.45) is 0 Å². The number of rotatable bonds is 6. The van der Waals surface area contributed by atoms with Crippen LogP contribution in [0.3, 0.4) is 0 Å². The molecule has 0 atom stereocenters. The molecule has 7 nitrogen and oxygen atoms in total. The van der Waals surface area contributed by atoms with Crippen molar-refractivity contribution in [2.75, 3.05) is 10.6 Å². The lowest BCUT2D eigenvalue weighted by atomic mass is 10.1. The lowest BCUT2D eigenvalue weighted by molar-refractivity contribution is 0.101. The predicted octanol–water partition coefficient (Wildman–Crippen LogP) is 5.19. The number of nitrogens with zero attached hydrogens (tertiary/aromatic N) is 3. The zero-order chi connectivity index (χ0) is 23.4. The first-order valence-electron chi connectivity index (χ1n) is 9.98. The molecule has 0 radical (unpaired) electrons. The number of pyridine rings is 1. The van der Waals surface area contributed by atoms with Gasteiger partial charge in [-0.25, -0.2) is 4.98 Å². The molecule has 2 N–H and O–H groups in total. The minimum Gasteiger partial charge on any atom is -0.311 e. The smallest absolute Gasteiger partial charge is 0.274 e. The number of carbonyl (C=O) groups excluding carboxylic acids is 2. The molecule has 0 saturated carbocycles. The summed E-state index contributed by atoms with van der Waals surface area (Å²) in [6.07, 6.45) is 1.39. The van der Waals surface area contributed by atoms with Gasteiger partial charge in [-0.05, 0) is 49.9 Å². The number of nitrogens with one attached hydrogen (secondary N) is 2. The van der Waals surface area contributed by atoms with Crippen molar-refractivity contribution in [3.63, 3.8) is 0 Å². The van der Waals surface area contributed by atoms with Crippen LogP contribution in [0.15, 0.2) is 18.2 Å². The van der Waals surface area contributed by atoms with E-state index in [1.54, 1.807) is 6.07 Å². The lowest BCUT2D eigenvalue weighted by Crippen LogP contribution is -2.18. The second-order valence-corrected chi connectivity index (χ2v) is 9.38. The van der Waals surface area contributed by atoms with Gasteiger partial charge in [0, 0.05) is 9.75 Å². The molecule has 9 heteroatoms. The molecule has 0 aliphatic rings. The second-order valence-electron chi connectivity index (χ2n) is 6.93. The van der Waals surface area contributed by atoms with Gasteiger partial charge >= 0.3 is 0 Å². The Hall–Kier alpha value is -3.53. The molecule has 0 aliphatic carbocycles. The maximum absolute atomic E-state index is 12.8. The monoisotopic (exact) mass is 463 g/mol. The largest absolute Gasteiger partial charge is 0.311 e. The first kappa shape index (κ1) is 23.1. The van der Waals surface area contributed by atoms with Gasteiger partial charge < -0.3 is 10.6 Å². The topological polar surface area (TPSA) is 119 Å². The lowest BCUT2D eigenvalue weighted by Gasteiger charge is -2.06. The molecule has 0 saturated heterocycles. The van der Waals surface area contributed by atoms with Crippen LogP contribution >= 0.6 is 22.7 Å². The number of thiophene rings is 2. The van der Waals surface area contributed by atoms with Crippen LogP contribution in [-0.2, 0) is 12.8 Å². The summed E-state index contributed by atoms with van der Waals surface area (Å²) in [5.74, 6) is -1.00. The van der Waals surface area contributed by atoms with Gasteiger partial charge in [0.1, 0.15) is 33.5 Å². The van der Waals surface area contributed by atoms with E-state index in [0.717, 1.165) is 20.9 Å². The third-order valence-corrected chi connectivity index (χ3v) is 7.14. The highest BCUT2D eigenvalue weighted by atomic mass is 32.1. The summed E-state index contributed by atoms with van der Waals surface area (Å²) in [5, 5.41) is 25.4. The van der Waals surface area contributed by atoms with Crippen molar-refractivity contribution in [1.29, 1.82) is 10.5 Å². The summed E-state index contributed by atoms with van der Waals surface area (Å²) in [6, 6.07) is 8.90. The molecule has 0 aliphatic heterocycles. The average molecular weight is 464 g/mol. The molecule has 32 heavy (non-hydrogen) atoms. The Morgan fingerprint density at radius 2 is 1.28 bits per heavy atom. The van der Waals surface area contributed by atoms with Crippen molar-refractivity contribution in [1.82, 2.24) is 4.98 Å². The van der Waals surface area contributed by atoms with E-state index in [-0.39, 0.29) is 11.4 Å². The summed E-state index contributed by atoms with van der Waals surface area (Å²) in [5.41, 5.74) is 2.87. The van der Waals surface area contributed by atoms with Crippen LogP contribution in [0.2, 0.25) is 0 Å². The molecule has 3 aromatic rings. The van der Waals surface area contributed by atoms with E-state index in [0.29, 0.717) is 34.0 Å². The number of amides is 2.